The maximum atomic E-state index is 11.7. The van der Waals surface area contributed by atoms with Gasteiger partial charge in [-0.05, 0) is 25.1 Å². The van der Waals surface area contributed by atoms with E-state index >= 15 is 0 Å². The zero-order chi connectivity index (χ0) is 13.7. The topological polar surface area (TPSA) is 67.2 Å². The molecule has 6 heteroatoms. The molecule has 0 aliphatic carbocycles. The van der Waals surface area contributed by atoms with Gasteiger partial charge in [-0.1, -0.05) is 22.8 Å². The number of halogens is 1. The highest BCUT2D eigenvalue weighted by molar-refractivity contribution is 6.30. The summed E-state index contributed by atoms with van der Waals surface area (Å²) in [5.74, 6) is 1.27. The summed E-state index contributed by atoms with van der Waals surface area (Å²) < 4.78 is 4.90. The van der Waals surface area contributed by atoms with Crippen LogP contribution in [-0.2, 0) is 4.79 Å². The standard InChI is InChI=1S/C13H14ClN3O2/c1-9-7-12(17-19-9)15-6-5-13(18)16-11-4-2-3-10(14)8-11/h2-4,7-8H,5-6H2,1H3,(H,15,17)(H,16,18). The first-order valence-electron chi connectivity index (χ1n) is 5.86. The van der Waals surface area contributed by atoms with Gasteiger partial charge in [-0.3, -0.25) is 4.79 Å². The Morgan fingerprint density at radius 2 is 2.26 bits per heavy atom. The molecule has 0 aliphatic rings. The molecule has 0 saturated heterocycles. The highest BCUT2D eigenvalue weighted by Crippen LogP contribution is 2.15. The van der Waals surface area contributed by atoms with Crippen LogP contribution in [0.3, 0.4) is 0 Å². The summed E-state index contributed by atoms with van der Waals surface area (Å²) in [5.41, 5.74) is 0.690. The largest absolute Gasteiger partial charge is 0.367 e. The molecule has 0 aliphatic heterocycles. The van der Waals surface area contributed by atoms with Crippen molar-refractivity contribution in [3.8, 4) is 0 Å². The number of amides is 1. The third-order valence-corrected chi connectivity index (χ3v) is 2.63. The lowest BCUT2D eigenvalue weighted by Crippen LogP contribution is -2.16. The van der Waals surface area contributed by atoms with E-state index in [9.17, 15) is 4.79 Å². The number of carbonyl (C=O) groups is 1. The third-order valence-electron chi connectivity index (χ3n) is 2.39. The molecule has 1 amide bonds. The Balaban J connectivity index is 1.76. The summed E-state index contributed by atoms with van der Waals surface area (Å²) in [5, 5.41) is 10.1. The van der Waals surface area contributed by atoms with Gasteiger partial charge in [-0.2, -0.15) is 0 Å². The van der Waals surface area contributed by atoms with E-state index < -0.39 is 0 Å². The predicted molar refractivity (Wildman–Crippen MR) is 74.4 cm³/mol. The van der Waals surface area contributed by atoms with E-state index in [0.717, 1.165) is 5.76 Å². The van der Waals surface area contributed by atoms with Crippen molar-refractivity contribution < 1.29 is 9.32 Å². The van der Waals surface area contributed by atoms with Crippen LogP contribution in [-0.4, -0.2) is 17.6 Å². The Labute approximate surface area is 115 Å². The van der Waals surface area contributed by atoms with Crippen LogP contribution in [0.4, 0.5) is 11.5 Å². The average molecular weight is 280 g/mol. The van der Waals surface area contributed by atoms with Gasteiger partial charge in [-0.15, -0.1) is 0 Å². The van der Waals surface area contributed by atoms with Gasteiger partial charge >= 0.3 is 0 Å². The maximum Gasteiger partial charge on any atom is 0.226 e. The highest BCUT2D eigenvalue weighted by Gasteiger charge is 2.04. The number of aryl methyl sites for hydroxylation is 1. The molecule has 1 aromatic heterocycles. The quantitative estimate of drug-likeness (QED) is 0.883. The molecule has 0 unspecified atom stereocenters. The molecule has 100 valence electrons. The maximum absolute atomic E-state index is 11.7. The minimum Gasteiger partial charge on any atom is -0.367 e. The lowest BCUT2D eigenvalue weighted by molar-refractivity contribution is -0.115. The molecule has 0 radical (unpaired) electrons. The van der Waals surface area contributed by atoms with Crippen molar-refractivity contribution in [1.82, 2.24) is 5.16 Å². The summed E-state index contributed by atoms with van der Waals surface area (Å²) in [6.07, 6.45) is 0.332. The van der Waals surface area contributed by atoms with E-state index in [4.69, 9.17) is 16.1 Å². The Bertz CT molecular complexity index is 569. The molecule has 5 nitrogen and oxygen atoms in total. The van der Waals surface area contributed by atoms with Crippen molar-refractivity contribution in [3.05, 3.63) is 41.1 Å². The second kappa shape index (κ2) is 6.24. The molecule has 0 spiro atoms. The Kier molecular flexibility index (Phi) is 4.41. The minimum atomic E-state index is -0.0880. The van der Waals surface area contributed by atoms with Crippen molar-refractivity contribution in [3.63, 3.8) is 0 Å². The first-order chi connectivity index (χ1) is 9.13. The van der Waals surface area contributed by atoms with Crippen LogP contribution in [0.25, 0.3) is 0 Å². The zero-order valence-corrected chi connectivity index (χ0v) is 11.2. The molecule has 1 aromatic carbocycles. The summed E-state index contributed by atoms with van der Waals surface area (Å²) in [7, 11) is 0. The van der Waals surface area contributed by atoms with Crippen LogP contribution in [0.5, 0.6) is 0 Å². The molecule has 0 fully saturated rings. The fraction of sp³-hybridized carbons (Fsp3) is 0.231. The first kappa shape index (κ1) is 13.4. The fourth-order valence-electron chi connectivity index (χ4n) is 1.54. The van der Waals surface area contributed by atoms with E-state index in [0.29, 0.717) is 29.5 Å². The second-order valence-corrected chi connectivity index (χ2v) is 4.49. The lowest BCUT2D eigenvalue weighted by atomic mass is 10.3. The highest BCUT2D eigenvalue weighted by atomic mass is 35.5. The van der Waals surface area contributed by atoms with Gasteiger partial charge in [0.1, 0.15) is 5.76 Å². The molecule has 1 heterocycles. The van der Waals surface area contributed by atoms with Crippen LogP contribution >= 0.6 is 11.6 Å². The van der Waals surface area contributed by atoms with Gasteiger partial charge in [0.2, 0.25) is 5.91 Å². The predicted octanol–water partition coefficient (Wildman–Crippen LogP) is 3.08. The number of carbonyl (C=O) groups excluding carboxylic acids is 1. The van der Waals surface area contributed by atoms with Crippen molar-refractivity contribution in [2.75, 3.05) is 17.2 Å². The van der Waals surface area contributed by atoms with Gasteiger partial charge < -0.3 is 15.2 Å². The van der Waals surface area contributed by atoms with E-state index in [2.05, 4.69) is 15.8 Å². The number of anilines is 2. The lowest BCUT2D eigenvalue weighted by Gasteiger charge is -2.05. The van der Waals surface area contributed by atoms with Gasteiger partial charge in [0.15, 0.2) is 5.82 Å². The third kappa shape index (κ3) is 4.30. The molecule has 0 atom stereocenters. The summed E-state index contributed by atoms with van der Waals surface area (Å²) in [6.45, 7) is 2.29. The fourth-order valence-corrected chi connectivity index (χ4v) is 1.73. The van der Waals surface area contributed by atoms with Crippen molar-refractivity contribution in [1.29, 1.82) is 0 Å². The zero-order valence-electron chi connectivity index (χ0n) is 10.4. The van der Waals surface area contributed by atoms with Crippen molar-refractivity contribution >= 4 is 29.0 Å². The number of aromatic nitrogens is 1. The number of hydrogen-bond donors (Lipinski definition) is 2. The molecule has 0 bridgehead atoms. The van der Waals surface area contributed by atoms with E-state index in [1.54, 1.807) is 30.3 Å². The Morgan fingerprint density at radius 1 is 1.42 bits per heavy atom. The van der Waals surface area contributed by atoms with E-state index in [-0.39, 0.29) is 5.91 Å². The number of nitrogens with zero attached hydrogens (tertiary/aromatic N) is 1. The molecule has 2 N–H and O–H groups in total. The van der Waals surface area contributed by atoms with E-state index in [1.165, 1.54) is 0 Å². The summed E-state index contributed by atoms with van der Waals surface area (Å²) in [4.78, 5) is 11.7. The molecule has 2 aromatic rings. The number of nitrogens with one attached hydrogen (secondary N) is 2. The van der Waals surface area contributed by atoms with Gasteiger partial charge in [0, 0.05) is 29.7 Å². The van der Waals surface area contributed by atoms with Crippen LogP contribution in [0, 0.1) is 6.92 Å². The average Bonchev–Trinajstić information content (AvgIpc) is 2.75. The molecule has 2 rings (SSSR count). The SMILES string of the molecule is Cc1cc(NCCC(=O)Nc2cccc(Cl)c2)no1. The number of benzene rings is 1. The van der Waals surface area contributed by atoms with Gasteiger partial charge in [0.25, 0.3) is 0 Å². The van der Waals surface area contributed by atoms with Crippen LogP contribution in [0.15, 0.2) is 34.9 Å². The molecular weight excluding hydrogens is 266 g/mol. The normalized spacial score (nSPS) is 10.2. The summed E-state index contributed by atoms with van der Waals surface area (Å²) >= 11 is 5.83. The first-order valence-corrected chi connectivity index (χ1v) is 6.24. The van der Waals surface area contributed by atoms with Crippen LogP contribution < -0.4 is 10.6 Å². The minimum absolute atomic E-state index is 0.0880. The monoisotopic (exact) mass is 279 g/mol. The van der Waals surface area contributed by atoms with Crippen LogP contribution in [0.1, 0.15) is 12.2 Å². The molecule has 19 heavy (non-hydrogen) atoms. The number of hydrogen-bond acceptors (Lipinski definition) is 4. The van der Waals surface area contributed by atoms with Crippen molar-refractivity contribution in [2.24, 2.45) is 0 Å². The smallest absolute Gasteiger partial charge is 0.226 e. The van der Waals surface area contributed by atoms with Gasteiger partial charge in [0.05, 0.1) is 0 Å². The van der Waals surface area contributed by atoms with E-state index in [1.807, 2.05) is 6.92 Å². The van der Waals surface area contributed by atoms with Crippen LogP contribution in [0.2, 0.25) is 5.02 Å². The van der Waals surface area contributed by atoms with Crippen molar-refractivity contribution in [2.45, 2.75) is 13.3 Å². The number of rotatable bonds is 5. The Hall–Kier alpha value is -2.01. The second-order valence-electron chi connectivity index (χ2n) is 4.06. The Morgan fingerprint density at radius 3 is 2.95 bits per heavy atom. The molecule has 0 saturated carbocycles. The molecular formula is C13H14ClN3O2. The summed E-state index contributed by atoms with van der Waals surface area (Å²) in [6, 6.07) is 8.81. The van der Waals surface area contributed by atoms with Gasteiger partial charge in [-0.25, -0.2) is 0 Å².